The highest BCUT2D eigenvalue weighted by molar-refractivity contribution is 5.95. The number of furan rings is 1. The van der Waals surface area contributed by atoms with Gasteiger partial charge in [-0.05, 0) is 42.8 Å². The summed E-state index contributed by atoms with van der Waals surface area (Å²) < 4.78 is 11.4. The zero-order chi connectivity index (χ0) is 22.5. The number of carbonyl (C=O) groups is 2. The molecule has 0 radical (unpaired) electrons. The van der Waals surface area contributed by atoms with Crippen LogP contribution in [0.4, 0.5) is 5.69 Å². The Morgan fingerprint density at radius 2 is 1.97 bits per heavy atom. The van der Waals surface area contributed by atoms with Crippen molar-refractivity contribution in [3.63, 3.8) is 0 Å². The van der Waals surface area contributed by atoms with Crippen LogP contribution in [0.25, 0.3) is 11.3 Å². The number of hydrogen-bond donors (Lipinski definition) is 1. The number of anilines is 1. The third-order valence-electron chi connectivity index (χ3n) is 5.66. The minimum Gasteiger partial charge on any atom is -0.497 e. The molecule has 0 aliphatic carbocycles. The van der Waals surface area contributed by atoms with Gasteiger partial charge in [0.05, 0.1) is 7.11 Å². The fraction of sp³-hybridized carbons (Fsp3) is 0.308. The Bertz CT molecular complexity index is 1120. The van der Waals surface area contributed by atoms with Gasteiger partial charge in [0.25, 0.3) is 5.91 Å². The maximum atomic E-state index is 13.0. The van der Waals surface area contributed by atoms with Gasteiger partial charge in [-0.15, -0.1) is 0 Å². The number of nitrogens with one attached hydrogen (secondary N) is 1. The number of amides is 2. The van der Waals surface area contributed by atoms with Gasteiger partial charge in [0.1, 0.15) is 17.3 Å². The molecule has 32 heavy (non-hydrogen) atoms. The van der Waals surface area contributed by atoms with E-state index in [0.29, 0.717) is 37.2 Å². The van der Waals surface area contributed by atoms with Crippen molar-refractivity contribution < 1.29 is 18.7 Å². The second kappa shape index (κ2) is 9.73. The first-order valence-corrected chi connectivity index (χ1v) is 11.0. The van der Waals surface area contributed by atoms with E-state index in [-0.39, 0.29) is 11.8 Å². The largest absolute Gasteiger partial charge is 0.497 e. The lowest BCUT2D eigenvalue weighted by molar-refractivity contribution is -0.116. The first-order chi connectivity index (χ1) is 15.6. The third kappa shape index (κ3) is 4.85. The topological polar surface area (TPSA) is 71.8 Å². The first-order valence-electron chi connectivity index (χ1n) is 11.0. The molecule has 6 heteroatoms. The van der Waals surface area contributed by atoms with Crippen molar-refractivity contribution in [3.8, 4) is 17.1 Å². The normalized spacial score (nSPS) is 12.9. The number of ether oxygens (including phenoxy) is 1. The zero-order valence-corrected chi connectivity index (χ0v) is 18.5. The Labute approximate surface area is 188 Å². The fourth-order valence-electron chi connectivity index (χ4n) is 3.90. The van der Waals surface area contributed by atoms with Gasteiger partial charge in [-0.2, -0.15) is 0 Å². The first kappa shape index (κ1) is 21.7. The highest BCUT2D eigenvalue weighted by Crippen LogP contribution is 2.31. The van der Waals surface area contributed by atoms with Gasteiger partial charge in [0.15, 0.2) is 0 Å². The van der Waals surface area contributed by atoms with Crippen LogP contribution in [0.5, 0.6) is 5.75 Å². The van der Waals surface area contributed by atoms with E-state index in [9.17, 15) is 9.59 Å². The molecule has 0 saturated carbocycles. The molecular formula is C26H28N2O4. The molecule has 0 atom stereocenters. The number of unbranched alkanes of at least 4 members (excludes halogenated alkanes) is 1. The summed E-state index contributed by atoms with van der Waals surface area (Å²) in [5.41, 5.74) is 3.29. The molecule has 3 aromatic rings. The molecule has 0 unspecified atom stereocenters. The molecule has 6 nitrogen and oxygen atoms in total. The zero-order valence-electron chi connectivity index (χ0n) is 18.5. The van der Waals surface area contributed by atoms with E-state index in [1.807, 2.05) is 53.4 Å². The third-order valence-corrected chi connectivity index (χ3v) is 5.66. The summed E-state index contributed by atoms with van der Waals surface area (Å²) >= 11 is 0. The second-order valence-corrected chi connectivity index (χ2v) is 8.00. The number of rotatable bonds is 7. The summed E-state index contributed by atoms with van der Waals surface area (Å²) in [6.45, 7) is 3.17. The minimum absolute atomic E-state index is 0.0194. The molecule has 1 aliphatic heterocycles. The van der Waals surface area contributed by atoms with Crippen LogP contribution in [0.15, 0.2) is 59.0 Å². The number of hydrogen-bond acceptors (Lipinski definition) is 4. The Morgan fingerprint density at radius 1 is 1.12 bits per heavy atom. The SMILES string of the molecule is CCCCC(=O)Nc1cccc(-c2cc3c(o2)CCN(C(=O)c2cccc(OC)c2)C3)c1. The van der Waals surface area contributed by atoms with Gasteiger partial charge in [0, 0.05) is 48.3 Å². The van der Waals surface area contributed by atoms with E-state index < -0.39 is 0 Å². The van der Waals surface area contributed by atoms with Gasteiger partial charge in [-0.25, -0.2) is 0 Å². The lowest BCUT2D eigenvalue weighted by Crippen LogP contribution is -2.35. The molecule has 0 spiro atoms. The summed E-state index contributed by atoms with van der Waals surface area (Å²) in [6, 6.07) is 16.9. The molecule has 0 fully saturated rings. The molecule has 1 aliphatic rings. The standard InChI is InChI=1S/C26H28N2O4/c1-3-4-11-25(29)27-21-9-5-7-18(14-21)24-16-20-17-28(13-12-23(20)32-24)26(30)19-8-6-10-22(15-19)31-2/h5-10,14-16H,3-4,11-13,17H2,1-2H3,(H,27,29). The Morgan fingerprint density at radius 3 is 2.78 bits per heavy atom. The fourth-order valence-corrected chi connectivity index (χ4v) is 3.90. The second-order valence-electron chi connectivity index (χ2n) is 8.00. The van der Waals surface area contributed by atoms with Crippen LogP contribution in [0.1, 0.15) is 47.9 Å². The highest BCUT2D eigenvalue weighted by Gasteiger charge is 2.25. The van der Waals surface area contributed by atoms with Gasteiger partial charge in [0.2, 0.25) is 5.91 Å². The Kier molecular flexibility index (Phi) is 6.59. The van der Waals surface area contributed by atoms with Crippen molar-refractivity contribution in [3.05, 3.63) is 71.5 Å². The minimum atomic E-state index is -0.0194. The van der Waals surface area contributed by atoms with Crippen LogP contribution in [-0.4, -0.2) is 30.4 Å². The number of benzene rings is 2. The maximum Gasteiger partial charge on any atom is 0.254 e. The van der Waals surface area contributed by atoms with Crippen LogP contribution in [0.2, 0.25) is 0 Å². The van der Waals surface area contributed by atoms with Crippen molar-refractivity contribution in [1.82, 2.24) is 4.90 Å². The molecule has 2 amide bonds. The monoisotopic (exact) mass is 432 g/mol. The summed E-state index contributed by atoms with van der Waals surface area (Å²) in [5, 5.41) is 2.95. The number of carbonyl (C=O) groups excluding carboxylic acids is 2. The summed E-state index contributed by atoms with van der Waals surface area (Å²) in [4.78, 5) is 26.9. The molecule has 1 aromatic heterocycles. The van der Waals surface area contributed by atoms with Crippen LogP contribution >= 0.6 is 0 Å². The van der Waals surface area contributed by atoms with Crippen LogP contribution < -0.4 is 10.1 Å². The van der Waals surface area contributed by atoms with Gasteiger partial charge < -0.3 is 19.4 Å². The molecule has 2 aromatic carbocycles. The summed E-state index contributed by atoms with van der Waals surface area (Å²) in [6.07, 6.45) is 3.05. The molecular weight excluding hydrogens is 404 g/mol. The molecule has 166 valence electrons. The van der Waals surface area contributed by atoms with Crippen molar-refractivity contribution in [2.75, 3.05) is 19.0 Å². The van der Waals surface area contributed by atoms with Crippen molar-refractivity contribution in [2.45, 2.75) is 39.2 Å². The van der Waals surface area contributed by atoms with E-state index in [1.54, 1.807) is 13.2 Å². The van der Waals surface area contributed by atoms with Crippen molar-refractivity contribution in [2.24, 2.45) is 0 Å². The summed E-state index contributed by atoms with van der Waals surface area (Å²) in [5.74, 6) is 2.33. The van der Waals surface area contributed by atoms with Crippen molar-refractivity contribution >= 4 is 17.5 Å². The number of fused-ring (bicyclic) bond motifs is 1. The van der Waals surface area contributed by atoms with E-state index in [1.165, 1.54) is 0 Å². The van der Waals surface area contributed by atoms with Crippen molar-refractivity contribution in [1.29, 1.82) is 0 Å². The highest BCUT2D eigenvalue weighted by atomic mass is 16.5. The predicted molar refractivity (Wildman–Crippen MR) is 124 cm³/mol. The Balaban J connectivity index is 1.48. The van der Waals surface area contributed by atoms with Crippen LogP contribution in [-0.2, 0) is 17.8 Å². The Hall–Kier alpha value is -3.54. The lowest BCUT2D eigenvalue weighted by Gasteiger charge is -2.26. The van der Waals surface area contributed by atoms with E-state index in [0.717, 1.165) is 41.2 Å². The van der Waals surface area contributed by atoms with Gasteiger partial charge in [-0.1, -0.05) is 31.5 Å². The predicted octanol–water partition coefficient (Wildman–Crippen LogP) is 5.28. The maximum absolute atomic E-state index is 13.0. The quantitative estimate of drug-likeness (QED) is 0.551. The average Bonchev–Trinajstić information content (AvgIpc) is 3.26. The molecule has 0 bridgehead atoms. The van der Waals surface area contributed by atoms with Gasteiger partial charge in [-0.3, -0.25) is 9.59 Å². The number of methoxy groups -OCH3 is 1. The molecule has 2 heterocycles. The lowest BCUT2D eigenvalue weighted by atomic mass is 10.1. The molecule has 1 N–H and O–H groups in total. The molecule has 4 rings (SSSR count). The smallest absolute Gasteiger partial charge is 0.254 e. The number of nitrogens with zero attached hydrogens (tertiary/aromatic N) is 1. The van der Waals surface area contributed by atoms with Gasteiger partial charge >= 0.3 is 0 Å². The van der Waals surface area contributed by atoms with E-state index in [4.69, 9.17) is 9.15 Å². The molecule has 0 saturated heterocycles. The van der Waals surface area contributed by atoms with E-state index in [2.05, 4.69) is 12.2 Å². The van der Waals surface area contributed by atoms with Crippen LogP contribution in [0, 0.1) is 0 Å². The summed E-state index contributed by atoms with van der Waals surface area (Å²) in [7, 11) is 1.59. The van der Waals surface area contributed by atoms with Crippen LogP contribution in [0.3, 0.4) is 0 Å². The average molecular weight is 433 g/mol. The van der Waals surface area contributed by atoms with E-state index >= 15 is 0 Å².